The maximum absolute atomic E-state index is 12.6. The SMILES string of the molecule is CC[C@H](C)C[C@H]([Au][c]1ncc([N+](=O)[O-])cc1C(=O)O)C(=O)OC(C)(C)C. The number of carbonyl (C=O) groups excluding carboxylic acids is 1. The third kappa shape index (κ3) is 6.86. The predicted molar refractivity (Wildman–Crippen MR) is 91.2 cm³/mol. The van der Waals surface area contributed by atoms with E-state index in [0.29, 0.717) is 6.42 Å². The van der Waals surface area contributed by atoms with Crippen molar-refractivity contribution in [2.24, 2.45) is 5.92 Å². The van der Waals surface area contributed by atoms with E-state index in [1.165, 1.54) is 0 Å². The number of nitrogens with zero attached hydrogens (tertiary/aromatic N) is 2. The first-order valence-corrected chi connectivity index (χ1v) is 10.4. The number of rotatable bonds is 8. The first-order chi connectivity index (χ1) is 11.9. The van der Waals surface area contributed by atoms with E-state index in [2.05, 4.69) is 4.98 Å². The summed E-state index contributed by atoms with van der Waals surface area (Å²) in [6.45, 7) is 9.35. The first kappa shape index (κ1) is 22.3. The van der Waals surface area contributed by atoms with Crippen LogP contribution in [0.1, 0.15) is 57.8 Å². The van der Waals surface area contributed by atoms with Crippen LogP contribution < -0.4 is 3.91 Å². The van der Waals surface area contributed by atoms with Crippen molar-refractivity contribution in [1.29, 1.82) is 0 Å². The maximum atomic E-state index is 12.6. The van der Waals surface area contributed by atoms with Crippen LogP contribution in [0.5, 0.6) is 0 Å². The van der Waals surface area contributed by atoms with E-state index < -0.39 is 40.4 Å². The summed E-state index contributed by atoms with van der Waals surface area (Å²) in [5.74, 6) is -1.41. The zero-order chi connectivity index (χ0) is 20.1. The van der Waals surface area contributed by atoms with Crippen molar-refractivity contribution in [2.45, 2.75) is 57.2 Å². The second-order valence-electron chi connectivity index (χ2n) is 6.84. The molecule has 0 saturated carbocycles. The molecule has 0 aliphatic heterocycles. The number of carboxylic acid groups (broad SMARTS) is 1. The standard InChI is InChI=1S/C11H21O2.C6H3N2O4.Au/c1-6-9(2)7-8-10(12)13-11(3,4)5;9-6(10)4-1-5(8(11)12)3-7-2-4;/h8-9H,6-7H2,1-5H3;1,3H,(H,9,10);/t9-;;/m0../s1. The van der Waals surface area contributed by atoms with Gasteiger partial charge in [0, 0.05) is 0 Å². The fourth-order valence-electron chi connectivity index (χ4n) is 1.85. The fourth-order valence-corrected chi connectivity index (χ4v) is 5.11. The Kier molecular flexibility index (Phi) is 7.92. The second-order valence-corrected chi connectivity index (χ2v) is 10.0. The van der Waals surface area contributed by atoms with Crippen molar-refractivity contribution in [3.05, 3.63) is 27.9 Å². The molecule has 1 aromatic rings. The molecule has 1 N–H and O–H groups in total. The Morgan fingerprint density at radius 1 is 1.42 bits per heavy atom. The molecule has 0 radical (unpaired) electrons. The van der Waals surface area contributed by atoms with Crippen LogP contribution in [0.2, 0.25) is 4.14 Å². The first-order valence-electron chi connectivity index (χ1n) is 8.10. The van der Waals surface area contributed by atoms with Crippen LogP contribution in [0.3, 0.4) is 0 Å². The predicted octanol–water partition coefficient (Wildman–Crippen LogP) is 2.96. The molecule has 1 rings (SSSR count). The minimum atomic E-state index is -1.29. The molecular weight excluding hydrogens is 525 g/mol. The van der Waals surface area contributed by atoms with E-state index in [9.17, 15) is 24.8 Å². The van der Waals surface area contributed by atoms with Crippen LogP contribution in [0.25, 0.3) is 0 Å². The van der Waals surface area contributed by atoms with Gasteiger partial charge in [-0.3, -0.25) is 0 Å². The summed E-state index contributed by atoms with van der Waals surface area (Å²) in [6, 6.07) is 0.997. The number of esters is 1. The molecule has 1 aromatic heterocycles. The van der Waals surface area contributed by atoms with Gasteiger partial charge in [0.25, 0.3) is 0 Å². The Bertz CT molecular complexity index is 686. The molecule has 0 aliphatic rings. The summed E-state index contributed by atoms with van der Waals surface area (Å²) in [7, 11) is 0. The fraction of sp³-hybridized carbons (Fsp3) is 0.588. The Hall–Kier alpha value is -1.77. The van der Waals surface area contributed by atoms with Gasteiger partial charge in [-0.25, -0.2) is 0 Å². The van der Waals surface area contributed by atoms with Crippen LogP contribution in [0.4, 0.5) is 5.69 Å². The molecule has 1 heterocycles. The van der Waals surface area contributed by atoms with E-state index in [0.717, 1.165) is 18.7 Å². The Labute approximate surface area is 161 Å². The van der Waals surface area contributed by atoms with Crippen molar-refractivity contribution in [3.8, 4) is 0 Å². The molecule has 149 valence electrons. The Morgan fingerprint density at radius 3 is 2.50 bits per heavy atom. The second kappa shape index (κ2) is 9.25. The Morgan fingerprint density at radius 2 is 2.04 bits per heavy atom. The normalized spacial score (nSPS) is 13.9. The summed E-state index contributed by atoms with van der Waals surface area (Å²) >= 11 is -1.01. The van der Waals surface area contributed by atoms with Gasteiger partial charge in [-0.1, -0.05) is 0 Å². The molecule has 0 unspecified atom stereocenters. The number of carbonyl (C=O) groups is 2. The molecule has 2 atom stereocenters. The van der Waals surface area contributed by atoms with Crippen LogP contribution in [0.15, 0.2) is 12.3 Å². The van der Waals surface area contributed by atoms with Gasteiger partial charge in [-0.2, -0.15) is 0 Å². The molecule has 0 aromatic carbocycles. The van der Waals surface area contributed by atoms with Gasteiger partial charge >= 0.3 is 162 Å². The average molecular weight is 549 g/mol. The van der Waals surface area contributed by atoms with Crippen LogP contribution in [-0.2, 0) is 29.3 Å². The van der Waals surface area contributed by atoms with Crippen molar-refractivity contribution in [1.82, 2.24) is 4.98 Å². The number of pyridine rings is 1. The summed E-state index contributed by atoms with van der Waals surface area (Å²) < 4.78 is 5.24. The molecule has 0 fully saturated rings. The number of hydrogen-bond acceptors (Lipinski definition) is 6. The summed E-state index contributed by atoms with van der Waals surface area (Å²) in [5, 5.41) is 20.2. The van der Waals surface area contributed by atoms with E-state index in [4.69, 9.17) is 4.74 Å². The zero-order valence-corrected chi connectivity index (χ0v) is 17.6. The van der Waals surface area contributed by atoms with Crippen LogP contribution in [-0.4, -0.2) is 32.6 Å². The van der Waals surface area contributed by atoms with E-state index in [1.54, 1.807) is 20.8 Å². The van der Waals surface area contributed by atoms with Crippen molar-refractivity contribution < 1.29 is 44.1 Å². The van der Waals surface area contributed by atoms with Gasteiger partial charge in [0.15, 0.2) is 0 Å². The van der Waals surface area contributed by atoms with Gasteiger partial charge in [0.05, 0.1) is 0 Å². The number of aromatic nitrogens is 1. The van der Waals surface area contributed by atoms with Gasteiger partial charge in [0.1, 0.15) is 0 Å². The number of nitro groups is 1. The summed E-state index contributed by atoms with van der Waals surface area (Å²) in [4.78, 5) is 38.2. The van der Waals surface area contributed by atoms with E-state index in [1.807, 2.05) is 13.8 Å². The van der Waals surface area contributed by atoms with Crippen molar-refractivity contribution in [3.63, 3.8) is 0 Å². The molecule has 8 nitrogen and oxygen atoms in total. The molecule has 0 spiro atoms. The third-order valence-corrected chi connectivity index (χ3v) is 6.59. The molecule has 0 bridgehead atoms. The van der Waals surface area contributed by atoms with Crippen molar-refractivity contribution >= 4 is 21.5 Å². The number of carboxylic acids is 1. The molecule has 0 amide bonds. The molecule has 26 heavy (non-hydrogen) atoms. The quantitative estimate of drug-likeness (QED) is 0.229. The van der Waals surface area contributed by atoms with Crippen molar-refractivity contribution in [2.75, 3.05) is 0 Å². The summed E-state index contributed by atoms with van der Waals surface area (Å²) in [5.41, 5.74) is -1.26. The number of hydrogen-bond donors (Lipinski definition) is 1. The van der Waals surface area contributed by atoms with Gasteiger partial charge in [-0.05, 0) is 0 Å². The number of ether oxygens (including phenoxy) is 1. The molecule has 9 heteroatoms. The zero-order valence-electron chi connectivity index (χ0n) is 15.4. The van der Waals surface area contributed by atoms with Crippen LogP contribution >= 0.6 is 0 Å². The minimum absolute atomic E-state index is 0.224. The number of aromatic carboxylic acids is 1. The molecule has 0 aliphatic carbocycles. The average Bonchev–Trinajstić information content (AvgIpc) is 2.52. The monoisotopic (exact) mass is 549 g/mol. The van der Waals surface area contributed by atoms with Crippen LogP contribution in [0, 0.1) is 16.0 Å². The topological polar surface area (TPSA) is 120 Å². The van der Waals surface area contributed by atoms with Gasteiger partial charge in [-0.15, -0.1) is 0 Å². The van der Waals surface area contributed by atoms with E-state index in [-0.39, 0.29) is 27.0 Å². The third-order valence-electron chi connectivity index (χ3n) is 3.36. The Balaban J connectivity index is 3.19. The summed E-state index contributed by atoms with van der Waals surface area (Å²) in [6.07, 6.45) is 2.47. The molecular formula is C17H24AuN2O6. The van der Waals surface area contributed by atoms with Gasteiger partial charge in [0.2, 0.25) is 0 Å². The molecule has 0 saturated heterocycles. The van der Waals surface area contributed by atoms with E-state index >= 15 is 0 Å². The van der Waals surface area contributed by atoms with Gasteiger partial charge < -0.3 is 0 Å².